The van der Waals surface area contributed by atoms with Crippen molar-refractivity contribution < 1.29 is 17.6 Å². The maximum absolute atomic E-state index is 13.6. The average Bonchev–Trinajstić information content (AvgIpc) is 2.34. The van der Waals surface area contributed by atoms with Gasteiger partial charge in [-0.15, -0.1) is 0 Å². The Bertz CT molecular complexity index is 587. The summed E-state index contributed by atoms with van der Waals surface area (Å²) in [6, 6.07) is 3.72. The zero-order chi connectivity index (χ0) is 14.0. The SMILES string of the molecule is NC(=O)c1ccc(F)c(NC2CCS(=O)(=O)CC2)c1. The van der Waals surface area contributed by atoms with Gasteiger partial charge in [-0.25, -0.2) is 12.8 Å². The van der Waals surface area contributed by atoms with Crippen LogP contribution in [0.2, 0.25) is 0 Å². The maximum Gasteiger partial charge on any atom is 0.248 e. The molecule has 0 unspecified atom stereocenters. The summed E-state index contributed by atoms with van der Waals surface area (Å²) in [5.74, 6) is -0.920. The van der Waals surface area contributed by atoms with Gasteiger partial charge >= 0.3 is 0 Å². The minimum Gasteiger partial charge on any atom is -0.380 e. The molecule has 19 heavy (non-hydrogen) atoms. The molecule has 104 valence electrons. The number of primary amides is 1. The van der Waals surface area contributed by atoms with Crippen LogP contribution in [-0.4, -0.2) is 31.9 Å². The largest absolute Gasteiger partial charge is 0.380 e. The van der Waals surface area contributed by atoms with E-state index < -0.39 is 21.6 Å². The Kier molecular flexibility index (Phi) is 3.75. The van der Waals surface area contributed by atoms with Crippen LogP contribution >= 0.6 is 0 Å². The molecule has 0 atom stereocenters. The van der Waals surface area contributed by atoms with Crippen LogP contribution in [0.1, 0.15) is 23.2 Å². The molecule has 0 spiro atoms. The third-order valence-corrected chi connectivity index (χ3v) is 4.88. The first-order chi connectivity index (χ1) is 8.87. The normalized spacial score (nSPS) is 19.0. The Morgan fingerprint density at radius 3 is 2.53 bits per heavy atom. The molecule has 0 radical (unpaired) electrons. The number of nitrogens with one attached hydrogen (secondary N) is 1. The predicted octanol–water partition coefficient (Wildman–Crippen LogP) is 0.914. The summed E-state index contributed by atoms with van der Waals surface area (Å²) in [5.41, 5.74) is 5.53. The number of nitrogens with two attached hydrogens (primary N) is 1. The number of benzene rings is 1. The van der Waals surface area contributed by atoms with Crippen LogP contribution in [0.5, 0.6) is 0 Å². The van der Waals surface area contributed by atoms with Gasteiger partial charge in [0, 0.05) is 11.6 Å². The molecule has 0 aliphatic carbocycles. The van der Waals surface area contributed by atoms with E-state index in [0.717, 1.165) is 0 Å². The van der Waals surface area contributed by atoms with Gasteiger partial charge in [-0.05, 0) is 31.0 Å². The zero-order valence-electron chi connectivity index (χ0n) is 10.2. The predicted molar refractivity (Wildman–Crippen MR) is 70.2 cm³/mol. The Balaban J connectivity index is 2.11. The van der Waals surface area contributed by atoms with Gasteiger partial charge < -0.3 is 11.1 Å². The minimum atomic E-state index is -2.95. The fourth-order valence-electron chi connectivity index (χ4n) is 2.04. The first-order valence-electron chi connectivity index (χ1n) is 5.94. The number of carbonyl (C=O) groups is 1. The van der Waals surface area contributed by atoms with E-state index in [4.69, 9.17) is 5.73 Å². The molecule has 1 aliphatic heterocycles. The highest BCUT2D eigenvalue weighted by atomic mass is 32.2. The number of halogens is 1. The van der Waals surface area contributed by atoms with Crippen molar-refractivity contribution in [2.75, 3.05) is 16.8 Å². The highest BCUT2D eigenvalue weighted by molar-refractivity contribution is 7.91. The topological polar surface area (TPSA) is 89.3 Å². The third-order valence-electron chi connectivity index (χ3n) is 3.17. The molecule has 1 heterocycles. The summed E-state index contributed by atoms with van der Waals surface area (Å²) in [7, 11) is -2.95. The monoisotopic (exact) mass is 286 g/mol. The molecular formula is C12H15FN2O3S. The average molecular weight is 286 g/mol. The second-order valence-corrected chi connectivity index (χ2v) is 6.93. The molecule has 3 N–H and O–H groups in total. The smallest absolute Gasteiger partial charge is 0.248 e. The van der Waals surface area contributed by atoms with Crippen LogP contribution in [-0.2, 0) is 9.84 Å². The molecule has 5 nitrogen and oxygen atoms in total. The number of rotatable bonds is 3. The van der Waals surface area contributed by atoms with Gasteiger partial charge in [0.25, 0.3) is 0 Å². The Morgan fingerprint density at radius 1 is 1.32 bits per heavy atom. The maximum atomic E-state index is 13.6. The Hall–Kier alpha value is -1.63. The van der Waals surface area contributed by atoms with Crippen molar-refractivity contribution in [3.8, 4) is 0 Å². The zero-order valence-corrected chi connectivity index (χ0v) is 11.0. The van der Waals surface area contributed by atoms with E-state index >= 15 is 0 Å². The molecule has 0 bridgehead atoms. The van der Waals surface area contributed by atoms with Crippen molar-refractivity contribution in [2.45, 2.75) is 18.9 Å². The molecule has 7 heteroatoms. The summed E-state index contributed by atoms with van der Waals surface area (Å²) < 4.78 is 36.2. The van der Waals surface area contributed by atoms with E-state index in [-0.39, 0.29) is 28.8 Å². The summed E-state index contributed by atoms with van der Waals surface area (Å²) >= 11 is 0. The van der Waals surface area contributed by atoms with Crippen molar-refractivity contribution in [2.24, 2.45) is 5.73 Å². The molecule has 2 rings (SSSR count). The van der Waals surface area contributed by atoms with E-state index in [1.165, 1.54) is 18.2 Å². The summed E-state index contributed by atoms with van der Waals surface area (Å²) in [6.45, 7) is 0. The quantitative estimate of drug-likeness (QED) is 0.864. The highest BCUT2D eigenvalue weighted by Gasteiger charge is 2.24. The lowest BCUT2D eigenvalue weighted by Gasteiger charge is -2.24. The molecule has 1 saturated heterocycles. The number of sulfone groups is 1. The van der Waals surface area contributed by atoms with Crippen LogP contribution in [0, 0.1) is 5.82 Å². The van der Waals surface area contributed by atoms with Crippen LogP contribution in [0.25, 0.3) is 0 Å². The van der Waals surface area contributed by atoms with Crippen LogP contribution < -0.4 is 11.1 Å². The number of anilines is 1. The van der Waals surface area contributed by atoms with Crippen LogP contribution in [0.4, 0.5) is 10.1 Å². The van der Waals surface area contributed by atoms with E-state index in [2.05, 4.69) is 5.32 Å². The Morgan fingerprint density at radius 2 is 1.95 bits per heavy atom. The van der Waals surface area contributed by atoms with Gasteiger partial charge in [0.05, 0.1) is 17.2 Å². The van der Waals surface area contributed by atoms with E-state index in [1.807, 2.05) is 0 Å². The summed E-state index contributed by atoms with van der Waals surface area (Å²) in [5, 5.41) is 2.93. The van der Waals surface area contributed by atoms with Crippen molar-refractivity contribution in [3.63, 3.8) is 0 Å². The molecule has 1 aromatic rings. The fraction of sp³-hybridized carbons (Fsp3) is 0.417. The highest BCUT2D eigenvalue weighted by Crippen LogP contribution is 2.21. The molecule has 1 aromatic carbocycles. The number of hydrogen-bond donors (Lipinski definition) is 2. The first-order valence-corrected chi connectivity index (χ1v) is 7.76. The second-order valence-electron chi connectivity index (χ2n) is 4.63. The van der Waals surface area contributed by atoms with E-state index in [9.17, 15) is 17.6 Å². The standard InChI is InChI=1S/C12H15FN2O3S/c13-10-2-1-8(12(14)16)7-11(10)15-9-3-5-19(17,18)6-4-9/h1-2,7,9,15H,3-6H2,(H2,14,16). The fourth-order valence-corrected chi connectivity index (χ4v) is 3.53. The second kappa shape index (κ2) is 5.16. The number of amides is 1. The lowest BCUT2D eigenvalue weighted by Crippen LogP contribution is -2.32. The van der Waals surface area contributed by atoms with Gasteiger partial charge in [-0.2, -0.15) is 0 Å². The minimum absolute atomic E-state index is 0.0990. The molecule has 1 amide bonds. The van der Waals surface area contributed by atoms with Crippen LogP contribution in [0.15, 0.2) is 18.2 Å². The summed E-state index contributed by atoms with van der Waals surface area (Å²) in [6.07, 6.45) is 0.866. The van der Waals surface area contributed by atoms with Crippen LogP contribution in [0.3, 0.4) is 0 Å². The van der Waals surface area contributed by atoms with Crippen molar-refractivity contribution >= 4 is 21.4 Å². The first kappa shape index (κ1) is 13.8. The van der Waals surface area contributed by atoms with Gasteiger partial charge in [0.15, 0.2) is 0 Å². The van der Waals surface area contributed by atoms with Gasteiger partial charge in [-0.3, -0.25) is 4.79 Å². The van der Waals surface area contributed by atoms with Gasteiger partial charge in [0.2, 0.25) is 5.91 Å². The number of hydrogen-bond acceptors (Lipinski definition) is 4. The molecule has 0 saturated carbocycles. The number of carbonyl (C=O) groups excluding carboxylic acids is 1. The van der Waals surface area contributed by atoms with Crippen molar-refractivity contribution in [3.05, 3.63) is 29.6 Å². The lowest BCUT2D eigenvalue weighted by atomic mass is 10.1. The third kappa shape index (κ3) is 3.44. The van der Waals surface area contributed by atoms with E-state index in [1.54, 1.807) is 0 Å². The van der Waals surface area contributed by atoms with Gasteiger partial charge in [0.1, 0.15) is 15.7 Å². The molecule has 0 aromatic heterocycles. The molecule has 1 fully saturated rings. The summed E-state index contributed by atoms with van der Waals surface area (Å²) in [4.78, 5) is 11.0. The Labute approximate surface area is 110 Å². The molecular weight excluding hydrogens is 271 g/mol. The van der Waals surface area contributed by atoms with E-state index in [0.29, 0.717) is 12.8 Å². The van der Waals surface area contributed by atoms with Crippen molar-refractivity contribution in [1.29, 1.82) is 0 Å². The lowest BCUT2D eigenvalue weighted by molar-refractivity contribution is 0.100. The van der Waals surface area contributed by atoms with Crippen molar-refractivity contribution in [1.82, 2.24) is 0 Å². The van der Waals surface area contributed by atoms with Gasteiger partial charge in [-0.1, -0.05) is 0 Å². The molecule has 1 aliphatic rings.